The fraction of sp³-hybridized carbons (Fsp3) is 0.500. The Morgan fingerprint density at radius 2 is 1.89 bits per heavy atom. The molecule has 0 aliphatic rings. The summed E-state index contributed by atoms with van der Waals surface area (Å²) in [7, 11) is -1.62. The molecule has 0 aliphatic heterocycles. The maximum atomic E-state index is 12.2. The molecule has 102 valence electrons. The van der Waals surface area contributed by atoms with Gasteiger partial charge >= 0.3 is 7.60 Å². The van der Waals surface area contributed by atoms with Crippen molar-refractivity contribution in [2.45, 2.75) is 20.1 Å². The van der Waals surface area contributed by atoms with E-state index in [0.29, 0.717) is 17.8 Å². The zero-order valence-electron chi connectivity index (χ0n) is 10.8. The van der Waals surface area contributed by atoms with Crippen LogP contribution in [0.15, 0.2) is 24.3 Å². The molecule has 1 rings (SSSR count). The van der Waals surface area contributed by atoms with Crippen LogP contribution in [0.4, 0.5) is 0 Å². The van der Waals surface area contributed by atoms with Crippen molar-refractivity contribution in [1.82, 2.24) is 0 Å². The van der Waals surface area contributed by atoms with Crippen LogP contribution in [0.3, 0.4) is 0 Å². The van der Waals surface area contributed by atoms with Crippen molar-refractivity contribution < 1.29 is 18.3 Å². The maximum Gasteiger partial charge on any atom is 0.332 e. The smallest absolute Gasteiger partial charge is 0.332 e. The molecule has 0 spiro atoms. The quantitative estimate of drug-likeness (QED) is 0.556. The van der Waals surface area contributed by atoms with Crippen LogP contribution in [-0.2, 0) is 18.3 Å². The number of halogens is 1. The summed E-state index contributed by atoms with van der Waals surface area (Å²) in [5, 5.41) is 0.622. The molecule has 0 radical (unpaired) electrons. The standard InChI is InChI=1S/C12H18ClO4P/c1-4-16-18(14,5-2)17-12(15-3)10-6-8-11(13)9-7-10/h6-9,12H,4-5H2,1-3H3/t12-,18+/m0/s1. The second kappa shape index (κ2) is 7.27. The highest BCUT2D eigenvalue weighted by molar-refractivity contribution is 7.53. The van der Waals surface area contributed by atoms with Gasteiger partial charge in [-0.05, 0) is 19.1 Å². The Kier molecular flexibility index (Phi) is 6.33. The Balaban J connectivity index is 2.84. The van der Waals surface area contributed by atoms with Gasteiger partial charge in [-0.25, -0.2) is 0 Å². The van der Waals surface area contributed by atoms with Crippen molar-refractivity contribution in [2.75, 3.05) is 19.9 Å². The molecule has 2 atom stereocenters. The lowest BCUT2D eigenvalue weighted by molar-refractivity contribution is -0.0644. The van der Waals surface area contributed by atoms with Crippen LogP contribution in [0.1, 0.15) is 25.7 Å². The van der Waals surface area contributed by atoms with E-state index < -0.39 is 13.9 Å². The Morgan fingerprint density at radius 1 is 1.28 bits per heavy atom. The van der Waals surface area contributed by atoms with E-state index in [-0.39, 0.29) is 0 Å². The summed E-state index contributed by atoms with van der Waals surface area (Å²) in [5.41, 5.74) is 0.746. The Bertz CT molecular complexity index is 407. The van der Waals surface area contributed by atoms with E-state index in [4.69, 9.17) is 25.4 Å². The third kappa shape index (κ3) is 4.38. The topological polar surface area (TPSA) is 44.8 Å². The molecule has 0 aromatic heterocycles. The zero-order chi connectivity index (χ0) is 13.6. The van der Waals surface area contributed by atoms with E-state index in [2.05, 4.69) is 0 Å². The number of hydrogen-bond acceptors (Lipinski definition) is 4. The van der Waals surface area contributed by atoms with Crippen LogP contribution in [0.2, 0.25) is 5.02 Å². The molecule has 1 aromatic rings. The fourth-order valence-electron chi connectivity index (χ4n) is 1.40. The molecule has 6 heteroatoms. The fourth-order valence-corrected chi connectivity index (χ4v) is 2.81. The van der Waals surface area contributed by atoms with Crippen molar-refractivity contribution in [1.29, 1.82) is 0 Å². The number of rotatable bonds is 7. The van der Waals surface area contributed by atoms with E-state index in [9.17, 15) is 4.57 Å². The first-order chi connectivity index (χ1) is 8.54. The molecular weight excluding hydrogens is 275 g/mol. The summed E-state index contributed by atoms with van der Waals surface area (Å²) >= 11 is 5.81. The maximum absolute atomic E-state index is 12.2. The predicted molar refractivity (Wildman–Crippen MR) is 72.1 cm³/mol. The monoisotopic (exact) mass is 292 g/mol. The Labute approximate surface area is 113 Å². The minimum atomic E-state index is -3.11. The highest BCUT2D eigenvalue weighted by Gasteiger charge is 2.27. The first-order valence-corrected chi connectivity index (χ1v) is 7.85. The third-order valence-electron chi connectivity index (χ3n) is 2.33. The van der Waals surface area contributed by atoms with Gasteiger partial charge in [0.05, 0.1) is 6.61 Å². The summed E-state index contributed by atoms with van der Waals surface area (Å²) in [6.07, 6.45) is -0.423. The molecule has 1 aromatic carbocycles. The minimum absolute atomic E-state index is 0.300. The summed E-state index contributed by atoms with van der Waals surface area (Å²) in [6.45, 7) is 3.86. The lowest BCUT2D eigenvalue weighted by atomic mass is 10.2. The van der Waals surface area contributed by atoms with E-state index in [0.717, 1.165) is 5.56 Å². The lowest BCUT2D eigenvalue weighted by Gasteiger charge is -2.22. The van der Waals surface area contributed by atoms with E-state index in [1.54, 1.807) is 38.1 Å². The zero-order valence-corrected chi connectivity index (χ0v) is 12.4. The van der Waals surface area contributed by atoms with Gasteiger partial charge in [0.1, 0.15) is 0 Å². The molecular formula is C12H18ClO4P. The molecule has 0 unspecified atom stereocenters. The highest BCUT2D eigenvalue weighted by atomic mass is 35.5. The number of ether oxygens (including phenoxy) is 1. The Morgan fingerprint density at radius 3 is 2.33 bits per heavy atom. The first kappa shape index (κ1) is 15.7. The first-order valence-electron chi connectivity index (χ1n) is 5.75. The molecule has 18 heavy (non-hydrogen) atoms. The van der Waals surface area contributed by atoms with E-state index in [1.165, 1.54) is 7.11 Å². The average Bonchev–Trinajstić information content (AvgIpc) is 2.37. The largest absolute Gasteiger partial charge is 0.351 e. The molecule has 0 bridgehead atoms. The third-order valence-corrected chi connectivity index (χ3v) is 4.52. The Hall–Kier alpha value is -0.380. The molecule has 0 amide bonds. The van der Waals surface area contributed by atoms with E-state index in [1.807, 2.05) is 0 Å². The highest BCUT2D eigenvalue weighted by Crippen LogP contribution is 2.51. The molecule has 0 saturated carbocycles. The van der Waals surface area contributed by atoms with Gasteiger partial charge in [0.25, 0.3) is 0 Å². The summed E-state index contributed by atoms with van der Waals surface area (Å²) in [5.74, 6) is 0. The number of methoxy groups -OCH3 is 1. The van der Waals surface area contributed by atoms with Gasteiger partial charge in [-0.1, -0.05) is 30.7 Å². The van der Waals surface area contributed by atoms with Gasteiger partial charge in [0.15, 0.2) is 6.29 Å². The number of hydrogen-bond donors (Lipinski definition) is 0. The van der Waals surface area contributed by atoms with Gasteiger partial charge in [0.2, 0.25) is 0 Å². The van der Waals surface area contributed by atoms with Crippen LogP contribution in [-0.4, -0.2) is 19.9 Å². The van der Waals surface area contributed by atoms with Crippen LogP contribution in [0.25, 0.3) is 0 Å². The van der Waals surface area contributed by atoms with Gasteiger partial charge in [-0.15, -0.1) is 0 Å². The molecule has 4 nitrogen and oxygen atoms in total. The van der Waals surface area contributed by atoms with Crippen molar-refractivity contribution in [3.8, 4) is 0 Å². The summed E-state index contributed by atoms with van der Waals surface area (Å²) in [6, 6.07) is 6.98. The van der Waals surface area contributed by atoms with Crippen LogP contribution < -0.4 is 0 Å². The molecule has 0 saturated heterocycles. The van der Waals surface area contributed by atoms with Crippen LogP contribution in [0, 0.1) is 0 Å². The SMILES string of the molecule is CCO[P@](=O)(CC)O[C@H](OC)c1ccc(Cl)cc1. The molecule has 0 heterocycles. The summed E-state index contributed by atoms with van der Waals surface area (Å²) < 4.78 is 28.1. The van der Waals surface area contributed by atoms with Crippen molar-refractivity contribution >= 4 is 19.2 Å². The van der Waals surface area contributed by atoms with E-state index >= 15 is 0 Å². The van der Waals surface area contributed by atoms with Gasteiger partial charge < -0.3 is 9.26 Å². The van der Waals surface area contributed by atoms with Crippen molar-refractivity contribution in [2.24, 2.45) is 0 Å². The second-order valence-electron chi connectivity index (χ2n) is 3.57. The molecule has 0 fully saturated rings. The van der Waals surface area contributed by atoms with Crippen molar-refractivity contribution in [3.63, 3.8) is 0 Å². The van der Waals surface area contributed by atoms with Crippen molar-refractivity contribution in [3.05, 3.63) is 34.9 Å². The second-order valence-corrected chi connectivity index (χ2v) is 6.33. The van der Waals surface area contributed by atoms with Crippen LogP contribution >= 0.6 is 19.2 Å². The summed E-state index contributed by atoms with van der Waals surface area (Å²) in [4.78, 5) is 0. The number of benzene rings is 1. The minimum Gasteiger partial charge on any atom is -0.351 e. The van der Waals surface area contributed by atoms with Gasteiger partial charge in [0, 0.05) is 23.9 Å². The molecule has 0 N–H and O–H groups in total. The van der Waals surface area contributed by atoms with Gasteiger partial charge in [-0.3, -0.25) is 9.09 Å². The normalized spacial score (nSPS) is 16.2. The predicted octanol–water partition coefficient (Wildman–Crippen LogP) is 4.25. The molecule has 0 aliphatic carbocycles. The van der Waals surface area contributed by atoms with Crippen LogP contribution in [0.5, 0.6) is 0 Å². The average molecular weight is 293 g/mol. The lowest BCUT2D eigenvalue weighted by Crippen LogP contribution is -2.08. The van der Waals surface area contributed by atoms with Gasteiger partial charge in [-0.2, -0.15) is 0 Å².